The summed E-state index contributed by atoms with van der Waals surface area (Å²) < 4.78 is 16.3. The van der Waals surface area contributed by atoms with Crippen LogP contribution in [0.4, 0.5) is 10.1 Å². The van der Waals surface area contributed by atoms with Crippen LogP contribution in [-0.4, -0.2) is 40.5 Å². The lowest BCUT2D eigenvalue weighted by molar-refractivity contribution is -0.151. The Labute approximate surface area is 266 Å². The van der Waals surface area contributed by atoms with Gasteiger partial charge in [0.15, 0.2) is 0 Å². The number of amides is 2. The molecule has 8 rings (SSSR count). The molecule has 0 aromatic heterocycles. The van der Waals surface area contributed by atoms with Gasteiger partial charge in [0.05, 0.1) is 16.5 Å². The first-order valence-corrected chi connectivity index (χ1v) is 16.3. The maximum atomic E-state index is 16.3. The zero-order valence-electron chi connectivity index (χ0n) is 25.2. The molecular formula is C34H38Cl2FN3O4. The molecule has 1 saturated heterocycles. The standard InChI is InChI=1S/C34H38Cl2FN3O4/c1-30(2)16-33(17-30)34(20-8-7-19(35)15-24(20)39-28(34)42)31(3,21-5-4-6-22(36)25(21)37)26(40-33)27(41)38-23-11-14-32(29(43)44)12-9-18(23)10-13-32/h4-8,15,18,23,26,40H,9-14,16-17H2,1-3H3,(H,38,41)(H,39,42)(H,43,44). The van der Waals surface area contributed by atoms with Crippen LogP contribution in [0.5, 0.6) is 0 Å². The van der Waals surface area contributed by atoms with Crippen molar-refractivity contribution in [1.29, 1.82) is 0 Å². The molecule has 4 atom stereocenters. The third kappa shape index (κ3) is 3.80. The van der Waals surface area contributed by atoms with E-state index in [9.17, 15) is 19.5 Å². The summed E-state index contributed by atoms with van der Waals surface area (Å²) in [6.07, 6.45) is 4.90. The van der Waals surface area contributed by atoms with Crippen LogP contribution in [0.15, 0.2) is 36.4 Å². The van der Waals surface area contributed by atoms with E-state index < -0.39 is 39.6 Å². The predicted molar refractivity (Wildman–Crippen MR) is 166 cm³/mol. The zero-order chi connectivity index (χ0) is 31.4. The second-order valence-corrected chi connectivity index (χ2v) is 15.8. The average molecular weight is 643 g/mol. The molecule has 6 aliphatic rings. The summed E-state index contributed by atoms with van der Waals surface area (Å²) >= 11 is 12.8. The molecule has 234 valence electrons. The number of anilines is 1. The fourth-order valence-electron chi connectivity index (χ4n) is 10.3. The normalized spacial score (nSPS) is 36.0. The Morgan fingerprint density at radius 3 is 2.34 bits per heavy atom. The number of nitrogens with one attached hydrogen (secondary N) is 3. The van der Waals surface area contributed by atoms with Gasteiger partial charge in [-0.05, 0) is 92.0 Å². The van der Waals surface area contributed by atoms with Gasteiger partial charge in [-0.3, -0.25) is 19.7 Å². The molecule has 2 aliphatic heterocycles. The predicted octanol–water partition coefficient (Wildman–Crippen LogP) is 6.35. The second-order valence-electron chi connectivity index (χ2n) is 15.0. The van der Waals surface area contributed by atoms with E-state index >= 15 is 4.39 Å². The van der Waals surface area contributed by atoms with Gasteiger partial charge < -0.3 is 15.7 Å². The smallest absolute Gasteiger partial charge is 0.309 e. The molecule has 4 N–H and O–H groups in total. The number of hydrogen-bond donors (Lipinski definition) is 4. The number of aliphatic carboxylic acids is 1. The summed E-state index contributed by atoms with van der Waals surface area (Å²) in [6.45, 7) is 6.09. The average Bonchev–Trinajstić information content (AvgIpc) is 3.19. The van der Waals surface area contributed by atoms with Crippen LogP contribution in [0.1, 0.15) is 83.3 Å². The lowest BCUT2D eigenvalue weighted by Crippen LogP contribution is -2.70. The summed E-state index contributed by atoms with van der Waals surface area (Å²) in [5.41, 5.74) is -3.05. The maximum absolute atomic E-state index is 16.3. The fraction of sp³-hybridized carbons (Fsp3) is 0.559. The molecule has 4 saturated carbocycles. The molecule has 7 nitrogen and oxygen atoms in total. The van der Waals surface area contributed by atoms with E-state index in [4.69, 9.17) is 23.2 Å². The highest BCUT2D eigenvalue weighted by Crippen LogP contribution is 2.70. The number of carbonyl (C=O) groups is 3. The van der Waals surface area contributed by atoms with Crippen LogP contribution in [-0.2, 0) is 25.2 Å². The fourth-order valence-corrected chi connectivity index (χ4v) is 10.7. The number of carboxylic acid groups (broad SMARTS) is 1. The van der Waals surface area contributed by atoms with Crippen LogP contribution in [0.3, 0.4) is 0 Å². The van der Waals surface area contributed by atoms with Crippen molar-refractivity contribution in [3.8, 4) is 0 Å². The van der Waals surface area contributed by atoms with Gasteiger partial charge in [-0.2, -0.15) is 0 Å². The molecule has 2 aromatic carbocycles. The highest BCUT2D eigenvalue weighted by Gasteiger charge is 2.81. The lowest BCUT2D eigenvalue weighted by atomic mass is 9.43. The first-order chi connectivity index (χ1) is 20.7. The van der Waals surface area contributed by atoms with E-state index in [1.807, 2.05) is 13.0 Å². The van der Waals surface area contributed by atoms with Gasteiger partial charge in [0.2, 0.25) is 11.8 Å². The topological polar surface area (TPSA) is 108 Å². The minimum atomic E-state index is -1.41. The molecule has 2 aromatic rings. The van der Waals surface area contributed by atoms with Gasteiger partial charge in [0.25, 0.3) is 0 Å². The van der Waals surface area contributed by atoms with Crippen molar-refractivity contribution in [1.82, 2.24) is 10.6 Å². The second kappa shape index (κ2) is 9.66. The molecule has 4 unspecified atom stereocenters. The lowest BCUT2D eigenvalue weighted by Gasteiger charge is -2.60. The number of benzene rings is 2. The summed E-state index contributed by atoms with van der Waals surface area (Å²) in [7, 11) is 0. The van der Waals surface area contributed by atoms with Crippen LogP contribution >= 0.6 is 23.2 Å². The Kier molecular flexibility index (Phi) is 6.59. The molecule has 5 fully saturated rings. The number of hydrogen-bond acceptors (Lipinski definition) is 4. The third-order valence-corrected chi connectivity index (χ3v) is 12.6. The van der Waals surface area contributed by atoms with Gasteiger partial charge in [-0.1, -0.05) is 62.2 Å². The van der Waals surface area contributed by atoms with Crippen molar-refractivity contribution < 1.29 is 23.9 Å². The molecule has 10 heteroatoms. The molecule has 2 heterocycles. The van der Waals surface area contributed by atoms with Crippen LogP contribution in [0.25, 0.3) is 0 Å². The molecule has 4 aliphatic carbocycles. The van der Waals surface area contributed by atoms with Crippen molar-refractivity contribution in [3.05, 3.63) is 63.4 Å². The van der Waals surface area contributed by atoms with Gasteiger partial charge in [0, 0.05) is 27.7 Å². The van der Waals surface area contributed by atoms with E-state index in [1.54, 1.807) is 24.3 Å². The monoisotopic (exact) mass is 641 g/mol. The van der Waals surface area contributed by atoms with E-state index in [0.29, 0.717) is 54.8 Å². The van der Waals surface area contributed by atoms with Gasteiger partial charge in [-0.15, -0.1) is 0 Å². The van der Waals surface area contributed by atoms with E-state index in [2.05, 4.69) is 29.8 Å². The Hall–Kier alpha value is -2.68. The third-order valence-electron chi connectivity index (χ3n) is 12.1. The van der Waals surface area contributed by atoms with Crippen molar-refractivity contribution >= 4 is 46.7 Å². The Morgan fingerprint density at radius 2 is 1.68 bits per heavy atom. The summed E-state index contributed by atoms with van der Waals surface area (Å²) in [4.78, 5) is 41.5. The first kappa shape index (κ1) is 30.0. The van der Waals surface area contributed by atoms with Gasteiger partial charge in [-0.25, -0.2) is 4.39 Å². The van der Waals surface area contributed by atoms with Crippen molar-refractivity contribution in [2.75, 3.05) is 5.32 Å². The SMILES string of the molecule is CC1(C)CC2(C1)NC(C(=O)NC1CCC3(C(=O)O)CCC1CC3)C(C)(c1cccc(Cl)c1F)C21C(=O)Nc2cc(Cl)ccc21. The van der Waals surface area contributed by atoms with Crippen LogP contribution in [0, 0.1) is 22.6 Å². The molecule has 0 radical (unpaired) electrons. The highest BCUT2D eigenvalue weighted by atomic mass is 35.5. The Morgan fingerprint density at radius 1 is 1.00 bits per heavy atom. The molecule has 2 spiro atoms. The van der Waals surface area contributed by atoms with Crippen LogP contribution in [0.2, 0.25) is 10.0 Å². The maximum Gasteiger partial charge on any atom is 0.309 e. The Bertz CT molecular complexity index is 1600. The summed E-state index contributed by atoms with van der Waals surface area (Å²) in [5.74, 6) is -1.87. The summed E-state index contributed by atoms with van der Waals surface area (Å²) in [6, 6.07) is 8.85. The molecule has 44 heavy (non-hydrogen) atoms. The van der Waals surface area contributed by atoms with Crippen molar-refractivity contribution in [2.45, 2.75) is 101 Å². The molecule has 2 bridgehead atoms. The quantitative estimate of drug-likeness (QED) is 0.311. The number of rotatable bonds is 4. The highest BCUT2D eigenvalue weighted by molar-refractivity contribution is 6.31. The minimum Gasteiger partial charge on any atom is -0.481 e. The largest absolute Gasteiger partial charge is 0.481 e. The molecule has 2 amide bonds. The molecular weight excluding hydrogens is 604 g/mol. The number of carbonyl (C=O) groups excluding carboxylic acids is 2. The first-order valence-electron chi connectivity index (χ1n) is 15.6. The number of carboxylic acids is 1. The van der Waals surface area contributed by atoms with E-state index in [1.165, 1.54) is 6.07 Å². The zero-order valence-corrected chi connectivity index (χ0v) is 26.7. The van der Waals surface area contributed by atoms with E-state index in [-0.39, 0.29) is 39.8 Å². The summed E-state index contributed by atoms with van der Waals surface area (Å²) in [5, 5.41) is 20.4. The minimum absolute atomic E-state index is 0.0811. The van der Waals surface area contributed by atoms with Crippen LogP contribution < -0.4 is 16.0 Å². The number of fused-ring (bicyclic) bond motifs is 7. The Balaban J connectivity index is 1.38. The van der Waals surface area contributed by atoms with Gasteiger partial charge in [0.1, 0.15) is 11.2 Å². The van der Waals surface area contributed by atoms with Gasteiger partial charge >= 0.3 is 5.97 Å². The van der Waals surface area contributed by atoms with Crippen molar-refractivity contribution in [2.24, 2.45) is 16.7 Å². The van der Waals surface area contributed by atoms with E-state index in [0.717, 1.165) is 12.8 Å². The number of halogens is 3. The van der Waals surface area contributed by atoms with Crippen molar-refractivity contribution in [3.63, 3.8) is 0 Å².